The third kappa shape index (κ3) is 4.95. The molecule has 0 saturated carbocycles. The Morgan fingerprint density at radius 3 is 2.43 bits per heavy atom. The third-order valence-electron chi connectivity index (χ3n) is 4.34. The van der Waals surface area contributed by atoms with E-state index in [4.69, 9.17) is 9.47 Å². The van der Waals surface area contributed by atoms with Gasteiger partial charge in [-0.25, -0.2) is 4.39 Å². The van der Waals surface area contributed by atoms with Crippen LogP contribution in [0.1, 0.15) is 12.5 Å². The zero-order valence-corrected chi connectivity index (χ0v) is 16.1. The molecule has 0 aromatic heterocycles. The molecule has 28 heavy (non-hydrogen) atoms. The van der Waals surface area contributed by atoms with Crippen LogP contribution in [-0.2, 0) is 11.3 Å². The van der Waals surface area contributed by atoms with Gasteiger partial charge >= 0.3 is 0 Å². The van der Waals surface area contributed by atoms with Crippen molar-refractivity contribution >= 4 is 17.3 Å². The maximum Gasteiger partial charge on any atom is 0.271 e. The van der Waals surface area contributed by atoms with Crippen molar-refractivity contribution in [2.45, 2.75) is 19.5 Å². The Kier molecular flexibility index (Phi) is 6.89. The Balaban J connectivity index is 2.10. The predicted molar refractivity (Wildman–Crippen MR) is 102 cm³/mol. The summed E-state index contributed by atoms with van der Waals surface area (Å²) in [6, 6.07) is 7.95. The van der Waals surface area contributed by atoms with E-state index in [1.54, 1.807) is 24.9 Å². The van der Waals surface area contributed by atoms with Crippen LogP contribution in [0.15, 0.2) is 36.4 Å². The van der Waals surface area contributed by atoms with Crippen LogP contribution in [-0.4, -0.2) is 43.0 Å². The number of amides is 1. The van der Waals surface area contributed by atoms with Gasteiger partial charge in [-0.15, -0.1) is 0 Å². The van der Waals surface area contributed by atoms with Crippen molar-refractivity contribution in [2.75, 3.05) is 26.6 Å². The van der Waals surface area contributed by atoms with Crippen LogP contribution < -0.4 is 14.8 Å². The lowest BCUT2D eigenvalue weighted by atomic mass is 10.1. The largest absolute Gasteiger partial charge is 0.495 e. The number of rotatable bonds is 8. The highest BCUT2D eigenvalue weighted by Gasteiger charge is 2.21. The first-order valence-electron chi connectivity index (χ1n) is 8.42. The van der Waals surface area contributed by atoms with Crippen LogP contribution in [0.2, 0.25) is 0 Å². The van der Waals surface area contributed by atoms with E-state index in [0.717, 1.165) is 0 Å². The number of carbonyl (C=O) groups is 1. The van der Waals surface area contributed by atoms with Gasteiger partial charge in [-0.2, -0.15) is 0 Å². The SMILES string of the molecule is COc1ccc(CN(C)[C@H](C)C(=O)Nc2cc([N+](=O)[O-])ccc2OC)cc1F. The lowest BCUT2D eigenvalue weighted by Gasteiger charge is -2.24. The first-order valence-corrected chi connectivity index (χ1v) is 8.42. The van der Waals surface area contributed by atoms with Gasteiger partial charge < -0.3 is 14.8 Å². The van der Waals surface area contributed by atoms with Crippen molar-refractivity contribution < 1.29 is 23.6 Å². The number of halogens is 1. The molecule has 1 atom stereocenters. The fourth-order valence-corrected chi connectivity index (χ4v) is 2.58. The van der Waals surface area contributed by atoms with Crippen LogP contribution in [0.3, 0.4) is 0 Å². The van der Waals surface area contributed by atoms with Gasteiger partial charge in [-0.05, 0) is 37.7 Å². The number of nitrogens with one attached hydrogen (secondary N) is 1. The van der Waals surface area contributed by atoms with E-state index in [1.807, 2.05) is 0 Å². The number of carbonyl (C=O) groups excluding carboxylic acids is 1. The Bertz CT molecular complexity index is 875. The van der Waals surface area contributed by atoms with Gasteiger partial charge in [0.1, 0.15) is 5.75 Å². The summed E-state index contributed by atoms with van der Waals surface area (Å²) in [6.07, 6.45) is 0. The zero-order chi connectivity index (χ0) is 20.8. The Morgan fingerprint density at radius 2 is 1.86 bits per heavy atom. The molecular formula is C19H22FN3O5. The van der Waals surface area contributed by atoms with E-state index in [1.165, 1.54) is 44.6 Å². The number of likely N-dealkylation sites (N-methyl/N-ethyl adjacent to an activating group) is 1. The molecule has 2 aromatic carbocycles. The lowest BCUT2D eigenvalue weighted by Crippen LogP contribution is -2.39. The molecule has 8 nitrogen and oxygen atoms in total. The molecule has 0 fully saturated rings. The first kappa shape index (κ1) is 21.1. The number of anilines is 1. The number of nitro groups is 1. The molecule has 9 heteroatoms. The van der Waals surface area contributed by atoms with E-state index in [9.17, 15) is 19.3 Å². The number of ether oxygens (including phenoxy) is 2. The lowest BCUT2D eigenvalue weighted by molar-refractivity contribution is -0.384. The molecule has 2 rings (SSSR count). The predicted octanol–water partition coefficient (Wildman–Crippen LogP) is 3.21. The zero-order valence-electron chi connectivity index (χ0n) is 16.1. The van der Waals surface area contributed by atoms with Gasteiger partial charge in [0.25, 0.3) is 5.69 Å². The molecule has 0 spiro atoms. The quantitative estimate of drug-likeness (QED) is 0.549. The highest BCUT2D eigenvalue weighted by atomic mass is 19.1. The summed E-state index contributed by atoms with van der Waals surface area (Å²) in [5, 5.41) is 13.6. The van der Waals surface area contributed by atoms with Crippen molar-refractivity contribution in [3.8, 4) is 11.5 Å². The van der Waals surface area contributed by atoms with Gasteiger partial charge in [0.05, 0.1) is 30.9 Å². The van der Waals surface area contributed by atoms with Crippen molar-refractivity contribution in [3.05, 3.63) is 57.9 Å². The maximum absolute atomic E-state index is 13.8. The van der Waals surface area contributed by atoms with E-state index in [-0.39, 0.29) is 23.0 Å². The molecule has 150 valence electrons. The van der Waals surface area contributed by atoms with Crippen molar-refractivity contribution in [1.82, 2.24) is 4.90 Å². The summed E-state index contributed by atoms with van der Waals surface area (Å²) in [5.74, 6) is -0.400. The van der Waals surface area contributed by atoms with Gasteiger partial charge in [0.15, 0.2) is 11.6 Å². The van der Waals surface area contributed by atoms with Crippen LogP contribution in [0, 0.1) is 15.9 Å². The molecule has 0 aliphatic rings. The number of nitro benzene ring substituents is 1. The number of hydrogen-bond acceptors (Lipinski definition) is 6. The molecular weight excluding hydrogens is 369 g/mol. The molecule has 1 amide bonds. The second-order valence-electron chi connectivity index (χ2n) is 6.19. The van der Waals surface area contributed by atoms with Gasteiger partial charge in [-0.1, -0.05) is 6.07 Å². The number of non-ortho nitro benzene ring substituents is 1. The monoisotopic (exact) mass is 391 g/mol. The third-order valence-corrected chi connectivity index (χ3v) is 4.34. The second-order valence-corrected chi connectivity index (χ2v) is 6.19. The number of benzene rings is 2. The van der Waals surface area contributed by atoms with Crippen LogP contribution >= 0.6 is 0 Å². The van der Waals surface area contributed by atoms with E-state index in [0.29, 0.717) is 17.9 Å². The van der Waals surface area contributed by atoms with Crippen LogP contribution in [0.5, 0.6) is 11.5 Å². The number of hydrogen-bond donors (Lipinski definition) is 1. The molecule has 0 aliphatic heterocycles. The Hall–Kier alpha value is -3.20. The molecule has 0 bridgehead atoms. The van der Waals surface area contributed by atoms with Crippen LogP contribution in [0.4, 0.5) is 15.8 Å². The summed E-state index contributed by atoms with van der Waals surface area (Å²) in [5.41, 5.74) is 0.719. The molecule has 0 saturated heterocycles. The smallest absolute Gasteiger partial charge is 0.271 e. The normalized spacial score (nSPS) is 11.8. The van der Waals surface area contributed by atoms with Gasteiger partial charge in [0, 0.05) is 18.7 Å². The maximum atomic E-state index is 13.8. The standard InChI is InChI=1S/C19H22FN3O5/c1-12(22(2)11-13-5-7-17(27-3)15(20)9-13)19(24)21-16-10-14(23(25)26)6-8-18(16)28-4/h5-10,12H,11H2,1-4H3,(H,21,24)/t12-/m1/s1. The number of methoxy groups -OCH3 is 2. The van der Waals surface area contributed by atoms with Gasteiger partial charge in [0.2, 0.25) is 5.91 Å². The van der Waals surface area contributed by atoms with Crippen molar-refractivity contribution in [2.24, 2.45) is 0 Å². The molecule has 0 radical (unpaired) electrons. The topological polar surface area (TPSA) is 93.9 Å². The fourth-order valence-electron chi connectivity index (χ4n) is 2.58. The summed E-state index contributed by atoms with van der Waals surface area (Å²) >= 11 is 0. The van der Waals surface area contributed by atoms with E-state index < -0.39 is 16.8 Å². The highest BCUT2D eigenvalue weighted by molar-refractivity contribution is 5.96. The molecule has 0 aliphatic carbocycles. The minimum absolute atomic E-state index is 0.148. The minimum Gasteiger partial charge on any atom is -0.495 e. The fraction of sp³-hybridized carbons (Fsp3) is 0.316. The van der Waals surface area contributed by atoms with E-state index in [2.05, 4.69) is 5.32 Å². The second kappa shape index (κ2) is 9.14. The average Bonchev–Trinajstić information content (AvgIpc) is 2.67. The summed E-state index contributed by atoms with van der Waals surface area (Å²) in [6.45, 7) is 2.00. The number of nitrogens with zero attached hydrogens (tertiary/aromatic N) is 2. The molecule has 1 N–H and O–H groups in total. The van der Waals surface area contributed by atoms with Crippen molar-refractivity contribution in [3.63, 3.8) is 0 Å². The first-order chi connectivity index (χ1) is 13.3. The van der Waals surface area contributed by atoms with Gasteiger partial charge in [-0.3, -0.25) is 19.8 Å². The Labute approximate surface area is 162 Å². The summed E-state index contributed by atoms with van der Waals surface area (Å²) in [7, 11) is 4.51. The molecule has 0 heterocycles. The summed E-state index contributed by atoms with van der Waals surface area (Å²) < 4.78 is 23.9. The molecule has 0 unspecified atom stereocenters. The highest BCUT2D eigenvalue weighted by Crippen LogP contribution is 2.29. The van der Waals surface area contributed by atoms with E-state index >= 15 is 0 Å². The average molecular weight is 391 g/mol. The van der Waals surface area contributed by atoms with Crippen molar-refractivity contribution in [1.29, 1.82) is 0 Å². The van der Waals surface area contributed by atoms with Crippen LogP contribution in [0.25, 0.3) is 0 Å². The minimum atomic E-state index is -0.589. The summed E-state index contributed by atoms with van der Waals surface area (Å²) in [4.78, 5) is 24.7. The Morgan fingerprint density at radius 1 is 1.21 bits per heavy atom. The molecule has 2 aromatic rings.